The van der Waals surface area contributed by atoms with Gasteiger partial charge in [0.1, 0.15) is 6.04 Å². The average molecular weight is 421 g/mol. The van der Waals surface area contributed by atoms with Crippen LogP contribution in [0.1, 0.15) is 25.0 Å². The lowest BCUT2D eigenvalue weighted by Crippen LogP contribution is -2.50. The lowest BCUT2D eigenvalue weighted by molar-refractivity contribution is -0.134. The van der Waals surface area contributed by atoms with E-state index in [1.165, 1.54) is 6.92 Å². The summed E-state index contributed by atoms with van der Waals surface area (Å²) in [5, 5.41) is 6.40. The first-order chi connectivity index (χ1) is 15.0. The third kappa shape index (κ3) is 5.94. The number of carbonyl (C=O) groups excluding carboxylic acids is 3. The van der Waals surface area contributed by atoms with E-state index in [1.807, 2.05) is 67.7 Å². The molecule has 0 fully saturated rings. The minimum absolute atomic E-state index is 0.122. The van der Waals surface area contributed by atoms with Crippen LogP contribution in [0.3, 0.4) is 0 Å². The van der Waals surface area contributed by atoms with Gasteiger partial charge in [0.25, 0.3) is 0 Å². The molecule has 3 aromatic rings. The van der Waals surface area contributed by atoms with Crippen molar-refractivity contribution in [2.24, 2.45) is 0 Å². The highest BCUT2D eigenvalue weighted by molar-refractivity contribution is 5.91. The van der Waals surface area contributed by atoms with Crippen molar-refractivity contribution in [1.82, 2.24) is 20.5 Å². The molecule has 1 aromatic heterocycles. The van der Waals surface area contributed by atoms with Gasteiger partial charge in [-0.1, -0.05) is 48.5 Å². The fourth-order valence-electron chi connectivity index (χ4n) is 3.55. The Labute approximate surface area is 181 Å². The van der Waals surface area contributed by atoms with E-state index >= 15 is 0 Å². The summed E-state index contributed by atoms with van der Waals surface area (Å²) in [6.45, 7) is 4.17. The molecule has 1 atom stereocenters. The first-order valence-electron chi connectivity index (χ1n) is 10.4. The van der Waals surface area contributed by atoms with Crippen LogP contribution >= 0.6 is 0 Å². The Morgan fingerprint density at radius 2 is 1.74 bits per heavy atom. The van der Waals surface area contributed by atoms with E-state index in [0.29, 0.717) is 19.5 Å². The van der Waals surface area contributed by atoms with Crippen LogP contribution in [0.15, 0.2) is 60.8 Å². The number of para-hydroxylation sites is 1. The van der Waals surface area contributed by atoms with Crippen LogP contribution in [-0.4, -0.2) is 46.7 Å². The normalized spacial score (nSPS) is 11.7. The molecule has 7 nitrogen and oxygen atoms in total. The molecule has 0 aliphatic carbocycles. The number of rotatable bonds is 9. The lowest BCUT2D eigenvalue weighted by atomic mass is 10.0. The minimum atomic E-state index is -0.770. The third-order valence-corrected chi connectivity index (χ3v) is 5.16. The van der Waals surface area contributed by atoms with Gasteiger partial charge in [0.15, 0.2) is 0 Å². The van der Waals surface area contributed by atoms with E-state index in [0.717, 1.165) is 22.0 Å². The zero-order valence-electron chi connectivity index (χ0n) is 17.9. The van der Waals surface area contributed by atoms with Crippen LogP contribution in [-0.2, 0) is 27.3 Å². The van der Waals surface area contributed by atoms with Crippen molar-refractivity contribution in [3.8, 4) is 0 Å². The van der Waals surface area contributed by atoms with Gasteiger partial charge in [0.05, 0.1) is 6.54 Å². The van der Waals surface area contributed by atoms with Gasteiger partial charge in [-0.25, -0.2) is 0 Å². The maximum absolute atomic E-state index is 12.8. The van der Waals surface area contributed by atoms with E-state index in [1.54, 1.807) is 4.90 Å². The van der Waals surface area contributed by atoms with E-state index in [2.05, 4.69) is 15.6 Å². The minimum Gasteiger partial charge on any atom is -0.361 e. The second-order valence-electron chi connectivity index (χ2n) is 7.43. The Kier molecular flexibility index (Phi) is 7.43. The number of likely N-dealkylation sites (N-methyl/N-ethyl adjacent to an activating group) is 1. The third-order valence-electron chi connectivity index (χ3n) is 5.16. The van der Waals surface area contributed by atoms with Crippen LogP contribution in [0.2, 0.25) is 0 Å². The molecule has 3 rings (SSSR count). The molecule has 0 radical (unpaired) electrons. The average Bonchev–Trinajstić information content (AvgIpc) is 3.18. The molecule has 162 valence electrons. The number of hydrogen-bond acceptors (Lipinski definition) is 3. The van der Waals surface area contributed by atoms with Gasteiger partial charge in [-0.3, -0.25) is 14.4 Å². The Bertz CT molecular complexity index is 1050. The highest BCUT2D eigenvalue weighted by Gasteiger charge is 2.23. The molecule has 3 N–H and O–H groups in total. The topological polar surface area (TPSA) is 94.3 Å². The van der Waals surface area contributed by atoms with Gasteiger partial charge in [-0.05, 0) is 24.1 Å². The Hall–Kier alpha value is -3.61. The van der Waals surface area contributed by atoms with Crippen molar-refractivity contribution in [2.75, 3.05) is 13.1 Å². The summed E-state index contributed by atoms with van der Waals surface area (Å²) in [5.41, 5.74) is 2.92. The molecule has 1 heterocycles. The molecule has 0 spiro atoms. The van der Waals surface area contributed by atoms with Crippen LogP contribution in [0.25, 0.3) is 10.9 Å². The van der Waals surface area contributed by atoms with Gasteiger partial charge in [0, 0.05) is 43.5 Å². The summed E-state index contributed by atoms with van der Waals surface area (Å²) < 4.78 is 0. The molecule has 0 aliphatic rings. The maximum Gasteiger partial charge on any atom is 0.243 e. The lowest BCUT2D eigenvalue weighted by Gasteiger charge is -2.22. The van der Waals surface area contributed by atoms with Gasteiger partial charge in [-0.2, -0.15) is 0 Å². The predicted octanol–water partition coefficient (Wildman–Crippen LogP) is 2.38. The summed E-state index contributed by atoms with van der Waals surface area (Å²) in [6, 6.07) is 16.7. The summed E-state index contributed by atoms with van der Waals surface area (Å²) in [4.78, 5) is 42.0. The number of benzene rings is 2. The molecule has 2 aromatic carbocycles. The number of fused-ring (bicyclic) bond motifs is 1. The summed E-state index contributed by atoms with van der Waals surface area (Å²) in [6.07, 6.45) is 2.17. The van der Waals surface area contributed by atoms with Crippen molar-refractivity contribution in [3.63, 3.8) is 0 Å². The highest BCUT2D eigenvalue weighted by atomic mass is 16.2. The van der Waals surface area contributed by atoms with E-state index < -0.39 is 6.04 Å². The molecule has 0 saturated heterocycles. The van der Waals surface area contributed by atoms with Gasteiger partial charge < -0.3 is 20.5 Å². The molecule has 31 heavy (non-hydrogen) atoms. The Morgan fingerprint density at radius 3 is 2.45 bits per heavy atom. The first-order valence-corrected chi connectivity index (χ1v) is 10.4. The Morgan fingerprint density at radius 1 is 1.03 bits per heavy atom. The second kappa shape index (κ2) is 10.4. The smallest absolute Gasteiger partial charge is 0.243 e. The zero-order chi connectivity index (χ0) is 22.2. The number of hydrogen-bond donors (Lipinski definition) is 3. The van der Waals surface area contributed by atoms with Gasteiger partial charge in [0.2, 0.25) is 17.7 Å². The number of aromatic nitrogens is 1. The molecule has 0 bridgehead atoms. The predicted molar refractivity (Wildman–Crippen MR) is 120 cm³/mol. The van der Waals surface area contributed by atoms with Crippen molar-refractivity contribution < 1.29 is 14.4 Å². The molecule has 7 heteroatoms. The van der Waals surface area contributed by atoms with E-state index in [-0.39, 0.29) is 24.3 Å². The highest BCUT2D eigenvalue weighted by Crippen LogP contribution is 2.19. The fourth-order valence-corrected chi connectivity index (χ4v) is 3.55. The number of nitrogens with one attached hydrogen (secondary N) is 3. The second-order valence-corrected chi connectivity index (χ2v) is 7.43. The molecule has 0 aliphatic heterocycles. The monoisotopic (exact) mass is 420 g/mol. The quantitative estimate of drug-likeness (QED) is 0.496. The first kappa shape index (κ1) is 22.1. The number of aromatic amines is 1. The molecule has 3 amide bonds. The van der Waals surface area contributed by atoms with E-state index in [4.69, 9.17) is 0 Å². The van der Waals surface area contributed by atoms with Crippen molar-refractivity contribution in [3.05, 3.63) is 71.9 Å². The van der Waals surface area contributed by atoms with Crippen LogP contribution in [0.4, 0.5) is 0 Å². The summed E-state index contributed by atoms with van der Waals surface area (Å²) in [7, 11) is 0. The summed E-state index contributed by atoms with van der Waals surface area (Å²) in [5.74, 6) is -0.858. The molecular formula is C24H28N4O3. The maximum atomic E-state index is 12.8. The van der Waals surface area contributed by atoms with Crippen LogP contribution in [0.5, 0.6) is 0 Å². The number of nitrogens with zero attached hydrogens (tertiary/aromatic N) is 1. The molecule has 0 saturated carbocycles. The van der Waals surface area contributed by atoms with Gasteiger partial charge >= 0.3 is 0 Å². The van der Waals surface area contributed by atoms with Crippen molar-refractivity contribution in [1.29, 1.82) is 0 Å². The SMILES string of the molecule is CCN(Cc1ccccc1)C(=O)CNC(=O)C(Cc1c[nH]c2ccccc12)NC(C)=O. The van der Waals surface area contributed by atoms with Gasteiger partial charge in [-0.15, -0.1) is 0 Å². The molecule has 1 unspecified atom stereocenters. The summed E-state index contributed by atoms with van der Waals surface area (Å²) >= 11 is 0. The van der Waals surface area contributed by atoms with Crippen LogP contribution < -0.4 is 10.6 Å². The van der Waals surface area contributed by atoms with Crippen molar-refractivity contribution in [2.45, 2.75) is 32.9 Å². The zero-order valence-corrected chi connectivity index (χ0v) is 17.9. The largest absolute Gasteiger partial charge is 0.361 e. The molecular weight excluding hydrogens is 392 g/mol. The number of amides is 3. The Balaban J connectivity index is 1.63. The van der Waals surface area contributed by atoms with Crippen molar-refractivity contribution >= 4 is 28.6 Å². The fraction of sp³-hybridized carbons (Fsp3) is 0.292. The number of H-pyrrole nitrogens is 1. The number of carbonyl (C=O) groups is 3. The van der Waals surface area contributed by atoms with E-state index in [9.17, 15) is 14.4 Å². The van der Waals surface area contributed by atoms with Crippen LogP contribution in [0, 0.1) is 0 Å². The standard InChI is InChI=1S/C24H28N4O3/c1-3-28(16-18-9-5-4-6-10-18)23(30)15-26-24(31)22(27-17(2)29)13-19-14-25-21-12-8-7-11-20(19)21/h4-12,14,22,25H,3,13,15-16H2,1-2H3,(H,26,31)(H,27,29).